The number of ether oxygens (including phenoxy) is 1. The van der Waals surface area contributed by atoms with Gasteiger partial charge in [0.1, 0.15) is 11.0 Å². The minimum Gasteiger partial charge on any atom is -0.459 e. The number of carbonyl (C=O) groups excluding carboxylic acids is 3. The summed E-state index contributed by atoms with van der Waals surface area (Å²) in [5.74, 6) is -1.50. The number of rotatable bonds is 6. The van der Waals surface area contributed by atoms with Crippen LogP contribution in [0.2, 0.25) is 0 Å². The van der Waals surface area contributed by atoms with Crippen molar-refractivity contribution in [1.82, 2.24) is 8.75 Å². The van der Waals surface area contributed by atoms with Crippen molar-refractivity contribution in [3.63, 3.8) is 0 Å². The van der Waals surface area contributed by atoms with E-state index in [2.05, 4.69) is 19.4 Å². The van der Waals surface area contributed by atoms with Crippen LogP contribution < -0.4 is 10.6 Å². The van der Waals surface area contributed by atoms with Gasteiger partial charge in [-0.1, -0.05) is 12.1 Å². The number of furan rings is 1. The van der Waals surface area contributed by atoms with Gasteiger partial charge < -0.3 is 19.8 Å². The highest BCUT2D eigenvalue weighted by Gasteiger charge is 2.15. The second kappa shape index (κ2) is 8.76. The smallest absolute Gasteiger partial charge is 0.338 e. The van der Waals surface area contributed by atoms with Gasteiger partial charge in [-0.05, 0) is 48.9 Å². The van der Waals surface area contributed by atoms with Gasteiger partial charge in [0.15, 0.2) is 12.4 Å². The van der Waals surface area contributed by atoms with Crippen molar-refractivity contribution in [3.8, 4) is 0 Å². The highest BCUT2D eigenvalue weighted by Crippen LogP contribution is 2.21. The summed E-state index contributed by atoms with van der Waals surface area (Å²) in [4.78, 5) is 36.8. The Hall–Kier alpha value is -4.05. The molecule has 0 unspecified atom stereocenters. The average Bonchev–Trinajstić information content (AvgIpc) is 3.46. The molecule has 2 amide bonds. The summed E-state index contributed by atoms with van der Waals surface area (Å²) in [5.41, 5.74) is 3.11. The van der Waals surface area contributed by atoms with Crippen LogP contribution in [-0.4, -0.2) is 33.1 Å². The van der Waals surface area contributed by atoms with E-state index in [-0.39, 0.29) is 11.3 Å². The normalized spacial score (nSPS) is 10.6. The number of nitrogens with one attached hydrogen (secondary N) is 2. The number of anilines is 2. The Kier molecular flexibility index (Phi) is 5.72. The van der Waals surface area contributed by atoms with Gasteiger partial charge in [0.25, 0.3) is 11.8 Å². The van der Waals surface area contributed by atoms with Crippen molar-refractivity contribution in [2.24, 2.45) is 0 Å². The molecule has 0 fully saturated rings. The van der Waals surface area contributed by atoms with Crippen molar-refractivity contribution < 1.29 is 23.5 Å². The van der Waals surface area contributed by atoms with Gasteiger partial charge in [0.05, 0.1) is 29.2 Å². The molecule has 2 heterocycles. The third-order valence-corrected chi connectivity index (χ3v) is 4.90. The molecule has 156 valence electrons. The highest BCUT2D eigenvalue weighted by molar-refractivity contribution is 7.00. The van der Waals surface area contributed by atoms with E-state index in [0.717, 1.165) is 17.3 Å². The molecule has 9 nitrogen and oxygen atoms in total. The molecule has 0 radical (unpaired) electrons. The van der Waals surface area contributed by atoms with E-state index in [9.17, 15) is 14.4 Å². The first-order valence-electron chi connectivity index (χ1n) is 9.15. The summed E-state index contributed by atoms with van der Waals surface area (Å²) in [7, 11) is 0. The molecule has 0 aliphatic rings. The number of nitrogens with zero attached hydrogens (tertiary/aromatic N) is 2. The lowest BCUT2D eigenvalue weighted by molar-refractivity contribution is -0.119. The summed E-state index contributed by atoms with van der Waals surface area (Å²) in [6.07, 6.45) is 1.39. The summed E-state index contributed by atoms with van der Waals surface area (Å²) in [6.45, 7) is 1.31. The van der Waals surface area contributed by atoms with E-state index in [1.807, 2.05) is 0 Å². The number of esters is 1. The van der Waals surface area contributed by atoms with E-state index in [1.54, 1.807) is 43.3 Å². The van der Waals surface area contributed by atoms with Crippen LogP contribution in [0.4, 0.5) is 11.4 Å². The number of hydrogen-bond acceptors (Lipinski definition) is 8. The van der Waals surface area contributed by atoms with Gasteiger partial charge in [-0.25, -0.2) is 4.79 Å². The first-order chi connectivity index (χ1) is 15.0. The maximum atomic E-state index is 12.4. The lowest BCUT2D eigenvalue weighted by Gasteiger charge is -2.10. The van der Waals surface area contributed by atoms with Crippen LogP contribution in [0.3, 0.4) is 0 Å². The molecular weight excluding hydrogens is 420 g/mol. The minimum absolute atomic E-state index is 0.148. The second-order valence-corrected chi connectivity index (χ2v) is 7.05. The quantitative estimate of drug-likeness (QED) is 0.442. The Morgan fingerprint density at radius 1 is 1.03 bits per heavy atom. The predicted molar refractivity (Wildman–Crippen MR) is 114 cm³/mol. The molecule has 31 heavy (non-hydrogen) atoms. The van der Waals surface area contributed by atoms with Gasteiger partial charge in [-0.2, -0.15) is 8.75 Å². The molecule has 4 rings (SSSR count). The lowest BCUT2D eigenvalue weighted by Crippen LogP contribution is -2.21. The van der Waals surface area contributed by atoms with Crippen molar-refractivity contribution in [1.29, 1.82) is 0 Å². The largest absolute Gasteiger partial charge is 0.459 e. The SMILES string of the molecule is Cc1ccc(C(=O)OCC(=O)Nc2cccc3nsnc23)cc1NC(=O)c1ccco1. The highest BCUT2D eigenvalue weighted by atomic mass is 32.1. The molecule has 2 aromatic carbocycles. The van der Waals surface area contributed by atoms with Gasteiger partial charge in [0.2, 0.25) is 0 Å². The van der Waals surface area contributed by atoms with Gasteiger partial charge in [-0.15, -0.1) is 0 Å². The molecule has 0 aliphatic carbocycles. The van der Waals surface area contributed by atoms with Crippen LogP contribution in [0.15, 0.2) is 59.2 Å². The van der Waals surface area contributed by atoms with Crippen LogP contribution in [0.25, 0.3) is 11.0 Å². The molecule has 4 aromatic rings. The van der Waals surface area contributed by atoms with E-state index in [0.29, 0.717) is 22.4 Å². The Labute approximate surface area is 180 Å². The number of fused-ring (bicyclic) bond motifs is 1. The Morgan fingerprint density at radius 2 is 1.90 bits per heavy atom. The zero-order chi connectivity index (χ0) is 21.8. The topological polar surface area (TPSA) is 123 Å². The van der Waals surface area contributed by atoms with Crippen LogP contribution in [-0.2, 0) is 9.53 Å². The molecule has 0 saturated heterocycles. The van der Waals surface area contributed by atoms with Gasteiger partial charge >= 0.3 is 5.97 Å². The molecular formula is C21H16N4O5S. The molecule has 0 aliphatic heterocycles. The van der Waals surface area contributed by atoms with Crippen molar-refractivity contribution in [2.75, 3.05) is 17.2 Å². The molecule has 0 bridgehead atoms. The third-order valence-electron chi connectivity index (χ3n) is 4.36. The molecule has 0 atom stereocenters. The van der Waals surface area contributed by atoms with Crippen LogP contribution in [0, 0.1) is 6.92 Å². The minimum atomic E-state index is -0.697. The molecule has 0 spiro atoms. The Balaban J connectivity index is 1.38. The van der Waals surface area contributed by atoms with Crippen LogP contribution in [0.5, 0.6) is 0 Å². The van der Waals surface area contributed by atoms with Crippen LogP contribution in [0.1, 0.15) is 26.5 Å². The maximum Gasteiger partial charge on any atom is 0.338 e. The summed E-state index contributed by atoms with van der Waals surface area (Å²) in [5, 5.41) is 5.35. The van der Waals surface area contributed by atoms with E-state index < -0.39 is 24.4 Å². The number of amides is 2. The number of hydrogen-bond donors (Lipinski definition) is 2. The maximum absolute atomic E-state index is 12.4. The first kappa shape index (κ1) is 20.2. The molecule has 10 heteroatoms. The fraction of sp³-hybridized carbons (Fsp3) is 0.0952. The standard InChI is InChI=1S/C21H16N4O5S/c1-12-7-8-13(10-16(12)23-20(27)17-6-3-9-29-17)21(28)30-11-18(26)22-14-4-2-5-15-19(14)25-31-24-15/h2-10H,11H2,1H3,(H,22,26)(H,23,27). The molecule has 2 aromatic heterocycles. The molecule has 0 saturated carbocycles. The average molecular weight is 436 g/mol. The van der Waals surface area contributed by atoms with E-state index in [1.165, 1.54) is 18.4 Å². The molecule has 2 N–H and O–H groups in total. The fourth-order valence-corrected chi connectivity index (χ4v) is 3.33. The zero-order valence-corrected chi connectivity index (χ0v) is 17.1. The lowest BCUT2D eigenvalue weighted by atomic mass is 10.1. The third kappa shape index (κ3) is 4.59. The van der Waals surface area contributed by atoms with Crippen molar-refractivity contribution in [2.45, 2.75) is 6.92 Å². The Morgan fingerprint density at radius 3 is 2.71 bits per heavy atom. The van der Waals surface area contributed by atoms with E-state index >= 15 is 0 Å². The van der Waals surface area contributed by atoms with Crippen LogP contribution >= 0.6 is 11.7 Å². The summed E-state index contributed by atoms with van der Waals surface area (Å²) < 4.78 is 18.4. The number of aryl methyl sites for hydroxylation is 1. The van der Waals surface area contributed by atoms with Gasteiger partial charge in [-0.3, -0.25) is 9.59 Å². The van der Waals surface area contributed by atoms with Crippen molar-refractivity contribution in [3.05, 3.63) is 71.7 Å². The second-order valence-electron chi connectivity index (χ2n) is 6.52. The van der Waals surface area contributed by atoms with E-state index in [4.69, 9.17) is 9.15 Å². The van der Waals surface area contributed by atoms with Crippen molar-refractivity contribution >= 4 is 51.9 Å². The summed E-state index contributed by atoms with van der Waals surface area (Å²) in [6, 6.07) is 13.1. The van der Waals surface area contributed by atoms with Gasteiger partial charge in [0, 0.05) is 5.69 Å². The monoisotopic (exact) mass is 436 g/mol. The predicted octanol–water partition coefficient (Wildman–Crippen LogP) is 3.64. The first-order valence-corrected chi connectivity index (χ1v) is 9.88. The number of benzene rings is 2. The Bertz CT molecular complexity index is 1270. The number of carbonyl (C=O) groups is 3. The zero-order valence-electron chi connectivity index (χ0n) is 16.2. The summed E-state index contributed by atoms with van der Waals surface area (Å²) >= 11 is 1.04. The fourth-order valence-electron chi connectivity index (χ4n) is 2.78. The number of aromatic nitrogens is 2.